The molecule has 1 aliphatic carbocycles. The van der Waals surface area contributed by atoms with Gasteiger partial charge in [0.2, 0.25) is 0 Å². The third-order valence-corrected chi connectivity index (χ3v) is 4.35. The molecule has 0 aromatic heterocycles. The highest BCUT2D eigenvalue weighted by Gasteiger charge is 2.21. The van der Waals surface area contributed by atoms with Gasteiger partial charge in [0, 0.05) is 11.3 Å². The van der Waals surface area contributed by atoms with Crippen LogP contribution in [-0.4, -0.2) is 17.0 Å². The standard InChI is InChI=1S/C11H23NS/c1-11(2,3)8-13-10-6-4-5-9(12)7-10/h9-10H,4-8,12H2,1-3H3. The van der Waals surface area contributed by atoms with Crippen LogP contribution in [0.25, 0.3) is 0 Å². The summed E-state index contributed by atoms with van der Waals surface area (Å²) in [7, 11) is 0. The van der Waals surface area contributed by atoms with Crippen molar-refractivity contribution < 1.29 is 0 Å². The fourth-order valence-electron chi connectivity index (χ4n) is 1.70. The van der Waals surface area contributed by atoms with Crippen molar-refractivity contribution in [3.63, 3.8) is 0 Å². The average molecular weight is 201 g/mol. The van der Waals surface area contributed by atoms with Gasteiger partial charge in [0.05, 0.1) is 0 Å². The molecule has 1 saturated carbocycles. The summed E-state index contributed by atoms with van der Waals surface area (Å²) in [4.78, 5) is 0. The Morgan fingerprint density at radius 3 is 2.54 bits per heavy atom. The first-order valence-corrected chi connectivity index (χ1v) is 6.39. The summed E-state index contributed by atoms with van der Waals surface area (Å²) in [5.41, 5.74) is 6.42. The highest BCUT2D eigenvalue weighted by atomic mass is 32.2. The Kier molecular flexibility index (Phi) is 4.11. The molecule has 2 atom stereocenters. The van der Waals surface area contributed by atoms with Gasteiger partial charge in [0.25, 0.3) is 0 Å². The summed E-state index contributed by atoms with van der Waals surface area (Å²) < 4.78 is 0. The maximum atomic E-state index is 5.95. The summed E-state index contributed by atoms with van der Waals surface area (Å²) in [5.74, 6) is 1.27. The first-order valence-electron chi connectivity index (χ1n) is 5.34. The van der Waals surface area contributed by atoms with Crippen LogP contribution in [0.2, 0.25) is 0 Å². The van der Waals surface area contributed by atoms with Gasteiger partial charge >= 0.3 is 0 Å². The average Bonchev–Trinajstić information content (AvgIpc) is 2.00. The molecule has 0 spiro atoms. The van der Waals surface area contributed by atoms with Crippen molar-refractivity contribution in [3.8, 4) is 0 Å². The van der Waals surface area contributed by atoms with E-state index >= 15 is 0 Å². The highest BCUT2D eigenvalue weighted by Crippen LogP contribution is 2.31. The molecule has 0 bridgehead atoms. The second-order valence-electron chi connectivity index (χ2n) is 5.42. The summed E-state index contributed by atoms with van der Waals surface area (Å²) in [5, 5.41) is 0.836. The minimum absolute atomic E-state index is 0.464. The van der Waals surface area contributed by atoms with Crippen LogP contribution in [0.3, 0.4) is 0 Å². The van der Waals surface area contributed by atoms with E-state index in [2.05, 4.69) is 32.5 Å². The topological polar surface area (TPSA) is 26.0 Å². The normalized spacial score (nSPS) is 30.5. The number of rotatable bonds is 2. The lowest BCUT2D eigenvalue weighted by atomic mass is 9.96. The van der Waals surface area contributed by atoms with E-state index in [-0.39, 0.29) is 0 Å². The molecule has 0 heterocycles. The van der Waals surface area contributed by atoms with E-state index in [4.69, 9.17) is 5.73 Å². The number of hydrogen-bond acceptors (Lipinski definition) is 2. The largest absolute Gasteiger partial charge is 0.328 e. The fraction of sp³-hybridized carbons (Fsp3) is 1.00. The van der Waals surface area contributed by atoms with Crippen molar-refractivity contribution in [2.24, 2.45) is 11.1 Å². The Morgan fingerprint density at radius 1 is 1.31 bits per heavy atom. The quantitative estimate of drug-likeness (QED) is 0.743. The van der Waals surface area contributed by atoms with Gasteiger partial charge in [-0.3, -0.25) is 0 Å². The number of nitrogens with two attached hydrogens (primary N) is 1. The van der Waals surface area contributed by atoms with Crippen LogP contribution in [0.15, 0.2) is 0 Å². The molecule has 0 saturated heterocycles. The van der Waals surface area contributed by atoms with Gasteiger partial charge in [-0.15, -0.1) is 0 Å². The molecule has 1 aliphatic rings. The molecule has 1 rings (SSSR count). The Balaban J connectivity index is 2.21. The molecule has 2 N–H and O–H groups in total. The summed E-state index contributed by atoms with van der Waals surface area (Å²) >= 11 is 2.13. The lowest BCUT2D eigenvalue weighted by molar-refractivity contribution is 0.444. The zero-order valence-electron chi connectivity index (χ0n) is 9.18. The third-order valence-electron chi connectivity index (χ3n) is 2.42. The minimum Gasteiger partial charge on any atom is -0.328 e. The number of thioether (sulfide) groups is 1. The van der Waals surface area contributed by atoms with E-state index in [0.29, 0.717) is 11.5 Å². The number of hydrogen-bond donors (Lipinski definition) is 1. The van der Waals surface area contributed by atoms with Crippen molar-refractivity contribution in [1.29, 1.82) is 0 Å². The summed E-state index contributed by atoms with van der Waals surface area (Å²) in [6.07, 6.45) is 5.20. The van der Waals surface area contributed by atoms with Crippen LogP contribution in [0.4, 0.5) is 0 Å². The first-order chi connectivity index (χ1) is 5.97. The molecule has 0 amide bonds. The van der Waals surface area contributed by atoms with Crippen LogP contribution < -0.4 is 5.73 Å². The van der Waals surface area contributed by atoms with Crippen molar-refractivity contribution >= 4 is 11.8 Å². The predicted octanol–water partition coefficient (Wildman–Crippen LogP) is 3.04. The van der Waals surface area contributed by atoms with E-state index < -0.39 is 0 Å². The molecule has 78 valence electrons. The molecule has 0 aromatic rings. The lowest BCUT2D eigenvalue weighted by Crippen LogP contribution is -2.29. The Morgan fingerprint density at radius 2 is 2.00 bits per heavy atom. The lowest BCUT2D eigenvalue weighted by Gasteiger charge is -2.28. The second-order valence-corrected chi connectivity index (χ2v) is 6.71. The molecule has 2 unspecified atom stereocenters. The second kappa shape index (κ2) is 4.70. The Labute approximate surface area is 86.8 Å². The maximum absolute atomic E-state index is 5.95. The van der Waals surface area contributed by atoms with Crippen molar-refractivity contribution in [1.82, 2.24) is 0 Å². The summed E-state index contributed by atoms with van der Waals surface area (Å²) in [6, 6.07) is 0.478. The molecule has 13 heavy (non-hydrogen) atoms. The molecule has 0 aromatic carbocycles. The van der Waals surface area contributed by atoms with Crippen LogP contribution in [0.1, 0.15) is 46.5 Å². The predicted molar refractivity (Wildman–Crippen MR) is 62.1 cm³/mol. The van der Waals surface area contributed by atoms with Gasteiger partial charge < -0.3 is 5.73 Å². The van der Waals surface area contributed by atoms with Gasteiger partial charge in [-0.1, -0.05) is 27.2 Å². The Bertz CT molecular complexity index is 151. The Hall–Kier alpha value is 0.310. The van der Waals surface area contributed by atoms with Crippen LogP contribution in [0, 0.1) is 5.41 Å². The molecule has 0 radical (unpaired) electrons. The van der Waals surface area contributed by atoms with Crippen LogP contribution in [-0.2, 0) is 0 Å². The van der Waals surface area contributed by atoms with E-state index in [0.717, 1.165) is 5.25 Å². The molecule has 1 fully saturated rings. The molecule has 2 heteroatoms. The van der Waals surface area contributed by atoms with Gasteiger partial charge in [-0.25, -0.2) is 0 Å². The third kappa shape index (κ3) is 4.92. The summed E-state index contributed by atoms with van der Waals surface area (Å²) in [6.45, 7) is 6.92. The van der Waals surface area contributed by atoms with Gasteiger partial charge in [0.1, 0.15) is 0 Å². The fourth-order valence-corrected chi connectivity index (χ4v) is 3.15. The highest BCUT2D eigenvalue weighted by molar-refractivity contribution is 7.99. The minimum atomic E-state index is 0.464. The van der Waals surface area contributed by atoms with Gasteiger partial charge in [0.15, 0.2) is 0 Å². The molecule has 0 aliphatic heterocycles. The van der Waals surface area contributed by atoms with E-state index in [1.807, 2.05) is 0 Å². The SMILES string of the molecule is CC(C)(C)CSC1CCCC(N)C1. The monoisotopic (exact) mass is 201 g/mol. The van der Waals surface area contributed by atoms with Crippen molar-refractivity contribution in [3.05, 3.63) is 0 Å². The van der Waals surface area contributed by atoms with Crippen LogP contribution in [0.5, 0.6) is 0 Å². The van der Waals surface area contributed by atoms with E-state index in [9.17, 15) is 0 Å². The van der Waals surface area contributed by atoms with Crippen LogP contribution >= 0.6 is 11.8 Å². The van der Waals surface area contributed by atoms with Gasteiger partial charge in [-0.05, 0) is 30.4 Å². The zero-order chi connectivity index (χ0) is 9.90. The maximum Gasteiger partial charge on any atom is 0.00619 e. The molecule has 1 nitrogen and oxygen atoms in total. The zero-order valence-corrected chi connectivity index (χ0v) is 9.99. The van der Waals surface area contributed by atoms with E-state index in [1.54, 1.807) is 0 Å². The first kappa shape index (κ1) is 11.4. The molecular weight excluding hydrogens is 178 g/mol. The van der Waals surface area contributed by atoms with E-state index in [1.165, 1.54) is 31.4 Å². The smallest absolute Gasteiger partial charge is 0.00619 e. The van der Waals surface area contributed by atoms with Gasteiger partial charge in [-0.2, -0.15) is 11.8 Å². The van der Waals surface area contributed by atoms with Crippen molar-refractivity contribution in [2.75, 3.05) is 5.75 Å². The van der Waals surface area contributed by atoms with Crippen molar-refractivity contribution in [2.45, 2.75) is 57.7 Å². The molecular formula is C11H23NS.